The van der Waals surface area contributed by atoms with Gasteiger partial charge in [-0.05, 0) is 5.56 Å². The summed E-state index contributed by atoms with van der Waals surface area (Å²) in [7, 11) is 0. The lowest BCUT2D eigenvalue weighted by molar-refractivity contribution is 0.268. The van der Waals surface area contributed by atoms with E-state index in [9.17, 15) is 0 Å². The van der Waals surface area contributed by atoms with Crippen molar-refractivity contribution >= 4 is 23.2 Å². The molecule has 1 aromatic heterocycles. The number of aliphatic hydroxyl groups excluding tert-OH is 1. The maximum absolute atomic E-state index is 9.01. The largest absolute Gasteiger partial charge is 0.396 e. The van der Waals surface area contributed by atoms with Crippen LogP contribution in [0.25, 0.3) is 0 Å². The smallest absolute Gasteiger partial charge is 0.0640 e. The van der Waals surface area contributed by atoms with E-state index >= 15 is 0 Å². The van der Waals surface area contributed by atoms with Gasteiger partial charge in [0.2, 0.25) is 0 Å². The molecule has 0 aliphatic heterocycles. The molecule has 0 radical (unpaired) electrons. The fourth-order valence-electron chi connectivity index (χ4n) is 1.09. The summed E-state index contributed by atoms with van der Waals surface area (Å²) in [5.41, 5.74) is 6.13. The average molecular weight is 221 g/mol. The monoisotopic (exact) mass is 220 g/mol. The number of aliphatic hydroxyl groups is 1. The molecule has 0 spiro atoms. The van der Waals surface area contributed by atoms with Gasteiger partial charge in [-0.15, -0.1) is 0 Å². The third-order valence-corrected chi connectivity index (χ3v) is 2.41. The molecule has 72 valence electrons. The molecule has 0 aliphatic rings. The van der Waals surface area contributed by atoms with Crippen LogP contribution < -0.4 is 5.73 Å². The number of nitrogens with two attached hydrogens (primary N) is 1. The molecule has 3 nitrogen and oxygen atoms in total. The fraction of sp³-hybridized carbons (Fsp3) is 0.375. The number of nitrogens with zero attached hydrogens (tertiary/aromatic N) is 1. The van der Waals surface area contributed by atoms with Crippen molar-refractivity contribution < 1.29 is 5.11 Å². The van der Waals surface area contributed by atoms with E-state index in [1.165, 1.54) is 12.4 Å². The lowest BCUT2D eigenvalue weighted by atomic mass is 10.0. The van der Waals surface area contributed by atoms with Crippen molar-refractivity contribution in [2.24, 2.45) is 5.73 Å². The van der Waals surface area contributed by atoms with E-state index in [0.29, 0.717) is 22.2 Å². The maximum atomic E-state index is 9.01. The molecule has 0 bridgehead atoms. The van der Waals surface area contributed by atoms with Gasteiger partial charge >= 0.3 is 0 Å². The van der Waals surface area contributed by atoms with Gasteiger partial charge in [0.05, 0.1) is 16.7 Å². The summed E-state index contributed by atoms with van der Waals surface area (Å²) in [4.78, 5) is 3.81. The molecule has 1 heterocycles. The number of hydrogen-bond donors (Lipinski definition) is 2. The minimum absolute atomic E-state index is 0.0695. The molecule has 0 saturated heterocycles. The second kappa shape index (κ2) is 4.77. The SMILES string of the molecule is NCC(CO)c1c(Cl)cncc1Cl. The first-order chi connectivity index (χ1) is 6.20. The highest BCUT2D eigenvalue weighted by molar-refractivity contribution is 6.35. The second-order valence-electron chi connectivity index (χ2n) is 2.63. The van der Waals surface area contributed by atoms with Crippen molar-refractivity contribution in [2.75, 3.05) is 13.2 Å². The predicted molar refractivity (Wildman–Crippen MR) is 53.1 cm³/mol. The number of rotatable bonds is 3. The van der Waals surface area contributed by atoms with E-state index in [1.807, 2.05) is 0 Å². The highest BCUT2D eigenvalue weighted by Crippen LogP contribution is 2.29. The normalized spacial score (nSPS) is 12.9. The topological polar surface area (TPSA) is 59.1 Å². The number of halogens is 2. The van der Waals surface area contributed by atoms with Crippen LogP contribution in [-0.2, 0) is 0 Å². The summed E-state index contributed by atoms with van der Waals surface area (Å²) in [5.74, 6) is -0.219. The van der Waals surface area contributed by atoms with Crippen LogP contribution in [0.4, 0.5) is 0 Å². The van der Waals surface area contributed by atoms with Crippen LogP contribution in [0.5, 0.6) is 0 Å². The second-order valence-corrected chi connectivity index (χ2v) is 3.45. The molecule has 5 heteroatoms. The molecule has 3 N–H and O–H groups in total. The first kappa shape index (κ1) is 10.7. The van der Waals surface area contributed by atoms with Crippen molar-refractivity contribution in [3.05, 3.63) is 28.0 Å². The summed E-state index contributed by atoms with van der Waals surface area (Å²) in [6.07, 6.45) is 2.97. The molecule has 1 atom stereocenters. The van der Waals surface area contributed by atoms with Gasteiger partial charge in [-0.1, -0.05) is 23.2 Å². The van der Waals surface area contributed by atoms with Gasteiger partial charge in [0.15, 0.2) is 0 Å². The zero-order chi connectivity index (χ0) is 9.84. The van der Waals surface area contributed by atoms with Gasteiger partial charge in [-0.3, -0.25) is 4.98 Å². The van der Waals surface area contributed by atoms with E-state index in [4.69, 9.17) is 34.0 Å². The first-order valence-corrected chi connectivity index (χ1v) is 4.56. The molecule has 1 rings (SSSR count). The van der Waals surface area contributed by atoms with Gasteiger partial charge in [0, 0.05) is 24.9 Å². The Bertz CT molecular complexity index is 269. The van der Waals surface area contributed by atoms with Gasteiger partial charge in [-0.2, -0.15) is 0 Å². The predicted octanol–water partition coefficient (Wildman–Crippen LogP) is 1.42. The van der Waals surface area contributed by atoms with Crippen LogP contribution in [0.15, 0.2) is 12.4 Å². The first-order valence-electron chi connectivity index (χ1n) is 3.80. The number of aromatic nitrogens is 1. The van der Waals surface area contributed by atoms with E-state index in [1.54, 1.807) is 0 Å². The van der Waals surface area contributed by atoms with Crippen molar-refractivity contribution in [3.63, 3.8) is 0 Å². The zero-order valence-corrected chi connectivity index (χ0v) is 8.39. The Morgan fingerprint density at radius 1 is 1.38 bits per heavy atom. The van der Waals surface area contributed by atoms with Crippen LogP contribution in [0.3, 0.4) is 0 Å². The lowest BCUT2D eigenvalue weighted by Crippen LogP contribution is -2.17. The Morgan fingerprint density at radius 2 is 1.92 bits per heavy atom. The van der Waals surface area contributed by atoms with Gasteiger partial charge in [0.1, 0.15) is 0 Å². The summed E-state index contributed by atoms with van der Waals surface area (Å²) in [5, 5.41) is 9.89. The number of hydrogen-bond acceptors (Lipinski definition) is 3. The third kappa shape index (κ3) is 2.31. The number of pyridine rings is 1. The fourth-order valence-corrected chi connectivity index (χ4v) is 1.77. The minimum atomic E-state index is -0.219. The highest BCUT2D eigenvalue weighted by atomic mass is 35.5. The highest BCUT2D eigenvalue weighted by Gasteiger charge is 2.15. The molecule has 0 fully saturated rings. The van der Waals surface area contributed by atoms with Gasteiger partial charge in [0.25, 0.3) is 0 Å². The molecular formula is C8H10Cl2N2O. The standard InChI is InChI=1S/C8H10Cl2N2O/c9-6-2-12-3-7(10)8(6)5(1-11)4-13/h2-3,5,13H,1,4,11H2. The van der Waals surface area contributed by atoms with Gasteiger partial charge < -0.3 is 10.8 Å². The van der Waals surface area contributed by atoms with Crippen molar-refractivity contribution in [1.29, 1.82) is 0 Å². The Morgan fingerprint density at radius 3 is 2.31 bits per heavy atom. The van der Waals surface area contributed by atoms with Crippen LogP contribution in [0.1, 0.15) is 11.5 Å². The van der Waals surface area contributed by atoms with E-state index < -0.39 is 0 Å². The molecule has 0 aliphatic carbocycles. The third-order valence-electron chi connectivity index (χ3n) is 1.80. The Hall–Kier alpha value is -0.350. The van der Waals surface area contributed by atoms with E-state index in [-0.39, 0.29) is 12.5 Å². The van der Waals surface area contributed by atoms with Crippen molar-refractivity contribution in [3.8, 4) is 0 Å². The Balaban J connectivity index is 3.10. The summed E-state index contributed by atoms with van der Waals surface area (Å²) in [6.45, 7) is 0.236. The molecule has 0 amide bonds. The molecule has 1 unspecified atom stereocenters. The van der Waals surface area contributed by atoms with Crippen LogP contribution in [-0.4, -0.2) is 23.2 Å². The molecular weight excluding hydrogens is 211 g/mol. The van der Waals surface area contributed by atoms with Gasteiger partial charge in [-0.25, -0.2) is 0 Å². The van der Waals surface area contributed by atoms with Crippen LogP contribution in [0, 0.1) is 0 Å². The van der Waals surface area contributed by atoms with Crippen LogP contribution >= 0.6 is 23.2 Å². The van der Waals surface area contributed by atoms with Crippen molar-refractivity contribution in [1.82, 2.24) is 4.98 Å². The zero-order valence-electron chi connectivity index (χ0n) is 6.87. The van der Waals surface area contributed by atoms with Crippen molar-refractivity contribution in [2.45, 2.75) is 5.92 Å². The lowest BCUT2D eigenvalue weighted by Gasteiger charge is -2.14. The van der Waals surface area contributed by atoms with E-state index in [0.717, 1.165) is 0 Å². The minimum Gasteiger partial charge on any atom is -0.396 e. The summed E-state index contributed by atoms with van der Waals surface area (Å²) >= 11 is 11.7. The van der Waals surface area contributed by atoms with E-state index in [2.05, 4.69) is 4.98 Å². The molecule has 0 aromatic carbocycles. The Labute approximate surface area is 86.5 Å². The molecule has 1 aromatic rings. The molecule has 13 heavy (non-hydrogen) atoms. The summed E-state index contributed by atoms with van der Waals surface area (Å²) < 4.78 is 0. The average Bonchev–Trinajstić information content (AvgIpc) is 2.11. The maximum Gasteiger partial charge on any atom is 0.0640 e. The Kier molecular flexibility index (Phi) is 3.93. The van der Waals surface area contributed by atoms with Crippen LogP contribution in [0.2, 0.25) is 10.0 Å². The summed E-state index contributed by atoms with van der Waals surface area (Å²) in [6, 6.07) is 0. The quantitative estimate of drug-likeness (QED) is 0.811. The molecule has 0 saturated carbocycles.